The van der Waals surface area contributed by atoms with Gasteiger partial charge in [-0.2, -0.15) is 0 Å². The molecule has 2 aromatic rings. The van der Waals surface area contributed by atoms with Crippen molar-refractivity contribution in [1.82, 2.24) is 0 Å². The minimum absolute atomic E-state index is 0.184. The third-order valence-electron chi connectivity index (χ3n) is 2.33. The minimum atomic E-state index is -0.493. The first-order valence-electron chi connectivity index (χ1n) is 5.35. The van der Waals surface area contributed by atoms with Gasteiger partial charge in [0.1, 0.15) is 5.76 Å². The SMILES string of the molecule is COC(=O)c1ccc(CSc2c(Cl)cccc2Cl)o1. The Bertz CT molecular complexity index is 575. The molecule has 6 heteroatoms. The van der Waals surface area contributed by atoms with Gasteiger partial charge in [-0.05, 0) is 24.3 Å². The fourth-order valence-electron chi connectivity index (χ4n) is 1.43. The molecule has 0 bridgehead atoms. The first-order valence-corrected chi connectivity index (χ1v) is 7.10. The van der Waals surface area contributed by atoms with Crippen LogP contribution in [0.1, 0.15) is 16.3 Å². The lowest BCUT2D eigenvalue weighted by atomic mass is 10.4. The van der Waals surface area contributed by atoms with E-state index in [9.17, 15) is 4.79 Å². The lowest BCUT2D eigenvalue weighted by Gasteiger charge is -2.04. The number of thioether (sulfide) groups is 1. The Balaban J connectivity index is 2.07. The average molecular weight is 317 g/mol. The number of benzene rings is 1. The van der Waals surface area contributed by atoms with Gasteiger partial charge >= 0.3 is 5.97 Å². The molecule has 2 rings (SSSR count). The van der Waals surface area contributed by atoms with Crippen molar-refractivity contribution in [2.75, 3.05) is 7.11 Å². The van der Waals surface area contributed by atoms with E-state index in [0.29, 0.717) is 21.6 Å². The first-order chi connectivity index (χ1) is 9.11. The Morgan fingerprint density at radius 3 is 2.58 bits per heavy atom. The molecule has 0 aliphatic carbocycles. The molecule has 0 unspecified atom stereocenters. The van der Waals surface area contributed by atoms with Crippen molar-refractivity contribution < 1.29 is 13.9 Å². The predicted molar refractivity (Wildman–Crippen MR) is 76.1 cm³/mol. The van der Waals surface area contributed by atoms with Gasteiger partial charge in [0, 0.05) is 4.90 Å². The van der Waals surface area contributed by atoms with Gasteiger partial charge < -0.3 is 9.15 Å². The highest BCUT2D eigenvalue weighted by atomic mass is 35.5. The van der Waals surface area contributed by atoms with Crippen molar-refractivity contribution in [2.24, 2.45) is 0 Å². The Kier molecular flexibility index (Phi) is 4.80. The van der Waals surface area contributed by atoms with Crippen LogP contribution in [0.3, 0.4) is 0 Å². The molecule has 100 valence electrons. The first kappa shape index (κ1) is 14.3. The number of hydrogen-bond donors (Lipinski definition) is 0. The molecule has 0 amide bonds. The molecule has 0 atom stereocenters. The van der Waals surface area contributed by atoms with E-state index in [1.54, 1.807) is 30.3 Å². The second kappa shape index (κ2) is 6.37. The number of carbonyl (C=O) groups is 1. The summed E-state index contributed by atoms with van der Waals surface area (Å²) in [4.78, 5) is 12.0. The van der Waals surface area contributed by atoms with E-state index < -0.39 is 5.97 Å². The summed E-state index contributed by atoms with van der Waals surface area (Å²) >= 11 is 13.6. The van der Waals surface area contributed by atoms with Crippen LogP contribution in [-0.4, -0.2) is 13.1 Å². The van der Waals surface area contributed by atoms with E-state index >= 15 is 0 Å². The van der Waals surface area contributed by atoms with Crippen LogP contribution < -0.4 is 0 Å². The molecule has 19 heavy (non-hydrogen) atoms. The number of halogens is 2. The molecule has 1 aromatic carbocycles. The van der Waals surface area contributed by atoms with Crippen LogP contribution in [0.5, 0.6) is 0 Å². The van der Waals surface area contributed by atoms with Crippen molar-refractivity contribution in [3.8, 4) is 0 Å². The van der Waals surface area contributed by atoms with Crippen molar-refractivity contribution in [1.29, 1.82) is 0 Å². The molecule has 0 aliphatic heterocycles. The van der Waals surface area contributed by atoms with Crippen molar-refractivity contribution in [3.05, 3.63) is 51.9 Å². The zero-order chi connectivity index (χ0) is 13.8. The Labute approximate surface area is 124 Å². The largest absolute Gasteiger partial charge is 0.463 e. The van der Waals surface area contributed by atoms with Gasteiger partial charge in [-0.15, -0.1) is 11.8 Å². The lowest BCUT2D eigenvalue weighted by molar-refractivity contribution is 0.0563. The smallest absolute Gasteiger partial charge is 0.373 e. The lowest BCUT2D eigenvalue weighted by Crippen LogP contribution is -1.98. The van der Waals surface area contributed by atoms with Crippen LogP contribution in [0.2, 0.25) is 10.0 Å². The van der Waals surface area contributed by atoms with Crippen molar-refractivity contribution in [2.45, 2.75) is 10.6 Å². The second-order valence-corrected chi connectivity index (χ2v) is 5.40. The molecule has 0 aliphatic rings. The van der Waals surface area contributed by atoms with Gasteiger partial charge in [-0.25, -0.2) is 4.79 Å². The van der Waals surface area contributed by atoms with Gasteiger partial charge in [-0.1, -0.05) is 29.3 Å². The van der Waals surface area contributed by atoms with E-state index in [1.807, 2.05) is 0 Å². The summed E-state index contributed by atoms with van der Waals surface area (Å²) in [6.07, 6.45) is 0. The average Bonchev–Trinajstić information content (AvgIpc) is 2.86. The number of ether oxygens (including phenoxy) is 1. The van der Waals surface area contributed by atoms with Crippen LogP contribution in [0.4, 0.5) is 0 Å². The number of hydrogen-bond acceptors (Lipinski definition) is 4. The maximum absolute atomic E-state index is 11.2. The van der Waals surface area contributed by atoms with Crippen LogP contribution in [0, 0.1) is 0 Å². The fraction of sp³-hybridized carbons (Fsp3) is 0.154. The predicted octanol–water partition coefficient (Wildman–Crippen LogP) is 4.67. The summed E-state index contributed by atoms with van der Waals surface area (Å²) in [6.45, 7) is 0. The molecule has 0 radical (unpaired) electrons. The highest BCUT2D eigenvalue weighted by Crippen LogP contribution is 2.35. The highest BCUT2D eigenvalue weighted by Gasteiger charge is 2.12. The number of carbonyl (C=O) groups excluding carboxylic acids is 1. The number of esters is 1. The fourth-order valence-corrected chi connectivity index (χ4v) is 3.01. The van der Waals surface area contributed by atoms with Crippen molar-refractivity contribution >= 4 is 40.9 Å². The van der Waals surface area contributed by atoms with Crippen molar-refractivity contribution in [3.63, 3.8) is 0 Å². The normalized spacial score (nSPS) is 10.5. The second-order valence-electron chi connectivity index (χ2n) is 3.60. The molecule has 0 spiro atoms. The van der Waals surface area contributed by atoms with E-state index in [-0.39, 0.29) is 5.76 Å². The maximum Gasteiger partial charge on any atom is 0.373 e. The summed E-state index contributed by atoms with van der Waals surface area (Å²) in [5.41, 5.74) is 0. The monoisotopic (exact) mass is 316 g/mol. The third kappa shape index (κ3) is 3.47. The Hall–Kier alpha value is -1.10. The van der Waals surface area contributed by atoms with Gasteiger partial charge in [0.25, 0.3) is 0 Å². The van der Waals surface area contributed by atoms with Gasteiger partial charge in [0.15, 0.2) is 0 Å². The summed E-state index contributed by atoms with van der Waals surface area (Å²) in [5.74, 6) is 0.872. The molecule has 3 nitrogen and oxygen atoms in total. The third-order valence-corrected chi connectivity index (χ3v) is 4.34. The van der Waals surface area contributed by atoms with E-state index in [4.69, 9.17) is 27.6 Å². The molecular weight excluding hydrogens is 307 g/mol. The summed E-state index contributed by atoms with van der Waals surface area (Å²) in [6, 6.07) is 8.65. The summed E-state index contributed by atoms with van der Waals surface area (Å²) in [7, 11) is 1.31. The maximum atomic E-state index is 11.2. The van der Waals surface area contributed by atoms with Crippen LogP contribution >= 0.6 is 35.0 Å². The zero-order valence-electron chi connectivity index (χ0n) is 9.98. The number of furan rings is 1. The molecule has 0 saturated heterocycles. The molecule has 0 N–H and O–H groups in total. The van der Waals surface area contributed by atoms with Crippen LogP contribution in [-0.2, 0) is 10.5 Å². The highest BCUT2D eigenvalue weighted by molar-refractivity contribution is 7.98. The topological polar surface area (TPSA) is 39.4 Å². The molecule has 1 heterocycles. The quantitative estimate of drug-likeness (QED) is 0.607. The number of methoxy groups -OCH3 is 1. The van der Waals surface area contributed by atoms with Gasteiger partial charge in [0.05, 0.1) is 22.9 Å². The Morgan fingerprint density at radius 1 is 1.26 bits per heavy atom. The molecular formula is C13H10Cl2O3S. The van der Waals surface area contributed by atoms with E-state index in [0.717, 1.165) is 4.90 Å². The summed E-state index contributed by atoms with van der Waals surface area (Å²) < 4.78 is 9.93. The molecule has 0 saturated carbocycles. The minimum Gasteiger partial charge on any atom is -0.463 e. The van der Waals surface area contributed by atoms with Gasteiger partial charge in [0.2, 0.25) is 5.76 Å². The summed E-state index contributed by atoms with van der Waals surface area (Å²) in [5, 5.41) is 1.19. The molecule has 1 aromatic heterocycles. The van der Waals surface area contributed by atoms with E-state index in [1.165, 1.54) is 18.9 Å². The van der Waals surface area contributed by atoms with Gasteiger partial charge in [-0.3, -0.25) is 0 Å². The van der Waals surface area contributed by atoms with Crippen LogP contribution in [0.25, 0.3) is 0 Å². The molecule has 0 fully saturated rings. The Morgan fingerprint density at radius 2 is 1.95 bits per heavy atom. The van der Waals surface area contributed by atoms with E-state index in [2.05, 4.69) is 4.74 Å². The van der Waals surface area contributed by atoms with Crippen LogP contribution in [0.15, 0.2) is 39.6 Å². The standard InChI is InChI=1S/C13H10Cl2O3S/c1-17-13(16)11-6-5-8(18-11)7-19-12-9(14)3-2-4-10(12)15/h2-6H,7H2,1H3. The number of rotatable bonds is 4. The zero-order valence-corrected chi connectivity index (χ0v) is 12.3.